The summed E-state index contributed by atoms with van der Waals surface area (Å²) in [6, 6.07) is 4.03. The molecule has 72 valence electrons. The minimum absolute atomic E-state index is 0.453. The highest BCUT2D eigenvalue weighted by Crippen LogP contribution is 2.28. The molecule has 13 heavy (non-hydrogen) atoms. The van der Waals surface area contributed by atoms with Crippen molar-refractivity contribution < 1.29 is 4.74 Å². The summed E-state index contributed by atoms with van der Waals surface area (Å²) in [6.45, 7) is 2.02. The topological polar surface area (TPSA) is 9.23 Å². The summed E-state index contributed by atoms with van der Waals surface area (Å²) in [5, 5.41) is 0. The molecule has 0 aliphatic carbocycles. The summed E-state index contributed by atoms with van der Waals surface area (Å²) in [5.74, 6) is 1.72. The molecule has 0 spiro atoms. The molecule has 0 radical (unpaired) electrons. The van der Waals surface area contributed by atoms with Gasteiger partial charge in [0.15, 0.2) is 0 Å². The first-order valence-corrected chi connectivity index (χ1v) is 5.08. The van der Waals surface area contributed by atoms with Crippen LogP contribution in [0.25, 0.3) is 0 Å². The Kier molecular flexibility index (Phi) is 3.89. The maximum Gasteiger partial charge on any atom is 0.127 e. The van der Waals surface area contributed by atoms with E-state index in [9.17, 15) is 0 Å². The number of hydrogen-bond donors (Lipinski definition) is 0. The van der Waals surface area contributed by atoms with Crippen LogP contribution in [0.5, 0.6) is 5.75 Å². The summed E-state index contributed by atoms with van der Waals surface area (Å²) in [5.41, 5.74) is 3.16. The first kappa shape index (κ1) is 10.7. The lowest BCUT2D eigenvalue weighted by atomic mass is 10.1. The molecule has 0 unspecified atom stereocenters. The van der Waals surface area contributed by atoms with E-state index < -0.39 is 0 Å². The number of benzene rings is 1. The van der Waals surface area contributed by atoms with Crippen molar-refractivity contribution >= 4 is 23.2 Å². The van der Waals surface area contributed by atoms with Crippen molar-refractivity contribution in [2.24, 2.45) is 0 Å². The van der Waals surface area contributed by atoms with Crippen molar-refractivity contribution in [3.8, 4) is 5.75 Å². The van der Waals surface area contributed by atoms with Gasteiger partial charge in [-0.2, -0.15) is 0 Å². The number of ether oxygens (including phenoxy) is 1. The van der Waals surface area contributed by atoms with Gasteiger partial charge in [-0.3, -0.25) is 0 Å². The highest BCUT2D eigenvalue weighted by molar-refractivity contribution is 6.18. The smallest absolute Gasteiger partial charge is 0.127 e. The van der Waals surface area contributed by atoms with E-state index in [1.165, 1.54) is 0 Å². The molecule has 0 heterocycles. The zero-order valence-corrected chi connectivity index (χ0v) is 9.24. The van der Waals surface area contributed by atoms with Gasteiger partial charge in [-0.1, -0.05) is 17.7 Å². The van der Waals surface area contributed by atoms with Crippen molar-refractivity contribution in [3.05, 3.63) is 28.8 Å². The number of hydrogen-bond acceptors (Lipinski definition) is 1. The highest BCUT2D eigenvalue weighted by Gasteiger charge is 2.08. The molecule has 0 bridgehead atoms. The fourth-order valence-electron chi connectivity index (χ4n) is 1.39. The van der Waals surface area contributed by atoms with Crippen LogP contribution < -0.4 is 4.74 Å². The van der Waals surface area contributed by atoms with Gasteiger partial charge in [0.25, 0.3) is 0 Å². The molecule has 0 aromatic heterocycles. The maximum atomic E-state index is 5.79. The van der Waals surface area contributed by atoms with Gasteiger partial charge >= 0.3 is 0 Å². The van der Waals surface area contributed by atoms with Gasteiger partial charge < -0.3 is 4.74 Å². The molecule has 0 aliphatic heterocycles. The molecule has 0 atom stereocenters. The Morgan fingerprint density at radius 2 is 1.62 bits per heavy atom. The summed E-state index contributed by atoms with van der Waals surface area (Å²) >= 11 is 11.6. The first-order chi connectivity index (χ1) is 6.22. The Bertz CT molecular complexity index is 272. The van der Waals surface area contributed by atoms with Crippen molar-refractivity contribution in [2.75, 3.05) is 7.11 Å². The number of aryl methyl sites for hydroxylation is 1. The monoisotopic (exact) mass is 218 g/mol. The molecule has 1 rings (SSSR count). The summed E-state index contributed by atoms with van der Waals surface area (Å²) in [6.07, 6.45) is 0. The molecule has 1 aromatic carbocycles. The molecule has 1 nitrogen and oxygen atoms in total. The van der Waals surface area contributed by atoms with Crippen LogP contribution in [-0.2, 0) is 11.8 Å². The van der Waals surface area contributed by atoms with Crippen molar-refractivity contribution in [2.45, 2.75) is 18.7 Å². The second-order valence-corrected chi connectivity index (χ2v) is 3.42. The lowest BCUT2D eigenvalue weighted by molar-refractivity contribution is 0.407. The van der Waals surface area contributed by atoms with Gasteiger partial charge in [-0.25, -0.2) is 0 Å². The molecule has 3 heteroatoms. The molecule has 0 N–H and O–H groups in total. The Morgan fingerprint density at radius 1 is 1.15 bits per heavy atom. The Labute approximate surface area is 88.6 Å². The third-order valence-corrected chi connectivity index (χ3v) is 2.46. The highest BCUT2D eigenvalue weighted by atomic mass is 35.5. The van der Waals surface area contributed by atoms with E-state index in [0.29, 0.717) is 11.8 Å². The summed E-state index contributed by atoms with van der Waals surface area (Å²) in [7, 11) is 1.64. The molecular weight excluding hydrogens is 207 g/mol. The SMILES string of the molecule is COc1c(CCl)cc(C)cc1CCl. The largest absolute Gasteiger partial charge is 0.496 e. The Hall–Kier alpha value is -0.400. The van der Waals surface area contributed by atoms with E-state index in [1.54, 1.807) is 7.11 Å². The van der Waals surface area contributed by atoms with Crippen molar-refractivity contribution in [1.82, 2.24) is 0 Å². The van der Waals surface area contributed by atoms with Crippen LogP contribution in [0.2, 0.25) is 0 Å². The third-order valence-electron chi connectivity index (χ3n) is 1.88. The second kappa shape index (κ2) is 4.73. The van der Waals surface area contributed by atoms with E-state index in [2.05, 4.69) is 0 Å². The zero-order valence-electron chi connectivity index (χ0n) is 7.73. The number of alkyl halides is 2. The van der Waals surface area contributed by atoms with Gasteiger partial charge in [-0.15, -0.1) is 23.2 Å². The number of methoxy groups -OCH3 is 1. The van der Waals surface area contributed by atoms with Crippen LogP contribution in [0.15, 0.2) is 12.1 Å². The first-order valence-electron chi connectivity index (χ1n) is 4.01. The molecule has 0 fully saturated rings. The molecular formula is C10H12Cl2O. The number of rotatable bonds is 3. The standard InChI is InChI=1S/C10H12Cl2O/c1-7-3-8(5-11)10(13-2)9(4-7)6-12/h3-4H,5-6H2,1-2H3. The lowest BCUT2D eigenvalue weighted by Crippen LogP contribution is -1.95. The summed E-state index contributed by atoms with van der Waals surface area (Å²) in [4.78, 5) is 0. The zero-order chi connectivity index (χ0) is 9.84. The van der Waals surface area contributed by atoms with Crippen LogP contribution in [-0.4, -0.2) is 7.11 Å². The minimum Gasteiger partial charge on any atom is -0.496 e. The van der Waals surface area contributed by atoms with E-state index in [4.69, 9.17) is 27.9 Å². The fraction of sp³-hybridized carbons (Fsp3) is 0.400. The number of halogens is 2. The third kappa shape index (κ3) is 2.29. The van der Waals surface area contributed by atoms with Gasteiger partial charge in [-0.05, 0) is 6.92 Å². The van der Waals surface area contributed by atoms with Crippen LogP contribution in [0.3, 0.4) is 0 Å². The van der Waals surface area contributed by atoms with Gasteiger partial charge in [0.05, 0.1) is 18.9 Å². The average molecular weight is 219 g/mol. The van der Waals surface area contributed by atoms with E-state index in [0.717, 1.165) is 22.4 Å². The molecule has 0 saturated heterocycles. The second-order valence-electron chi connectivity index (χ2n) is 2.88. The van der Waals surface area contributed by atoms with E-state index in [1.807, 2.05) is 19.1 Å². The van der Waals surface area contributed by atoms with E-state index in [-0.39, 0.29) is 0 Å². The van der Waals surface area contributed by atoms with Crippen LogP contribution in [0.4, 0.5) is 0 Å². The van der Waals surface area contributed by atoms with Crippen LogP contribution in [0, 0.1) is 6.92 Å². The maximum absolute atomic E-state index is 5.79. The molecule has 0 amide bonds. The summed E-state index contributed by atoms with van der Waals surface area (Å²) < 4.78 is 5.24. The van der Waals surface area contributed by atoms with Gasteiger partial charge in [0.1, 0.15) is 5.75 Å². The van der Waals surface area contributed by atoms with Crippen LogP contribution >= 0.6 is 23.2 Å². The van der Waals surface area contributed by atoms with Gasteiger partial charge in [0.2, 0.25) is 0 Å². The predicted molar refractivity (Wildman–Crippen MR) is 56.8 cm³/mol. The predicted octanol–water partition coefficient (Wildman–Crippen LogP) is 3.48. The minimum atomic E-state index is 0.453. The molecule has 0 saturated carbocycles. The van der Waals surface area contributed by atoms with Crippen molar-refractivity contribution in [1.29, 1.82) is 0 Å². The molecule has 0 aliphatic rings. The normalized spacial score (nSPS) is 10.2. The Morgan fingerprint density at radius 3 is 1.92 bits per heavy atom. The van der Waals surface area contributed by atoms with Crippen LogP contribution in [0.1, 0.15) is 16.7 Å². The molecule has 1 aromatic rings. The lowest BCUT2D eigenvalue weighted by Gasteiger charge is -2.11. The average Bonchev–Trinajstić information content (AvgIpc) is 2.16. The van der Waals surface area contributed by atoms with Gasteiger partial charge in [0, 0.05) is 11.1 Å². The van der Waals surface area contributed by atoms with E-state index >= 15 is 0 Å². The fourth-order valence-corrected chi connectivity index (χ4v) is 1.79. The van der Waals surface area contributed by atoms with Crippen molar-refractivity contribution in [3.63, 3.8) is 0 Å². The Balaban J connectivity index is 3.25. The quantitative estimate of drug-likeness (QED) is 0.707.